The van der Waals surface area contributed by atoms with Gasteiger partial charge in [-0.25, -0.2) is 0 Å². The monoisotopic (exact) mass is 148 g/mol. The molecule has 0 aliphatic carbocycles. The summed E-state index contributed by atoms with van der Waals surface area (Å²) in [6.07, 6.45) is -2.42. The van der Waals surface area contributed by atoms with Crippen LogP contribution in [0.5, 0.6) is 0 Å². The van der Waals surface area contributed by atoms with Gasteiger partial charge in [0.25, 0.3) is 0 Å². The van der Waals surface area contributed by atoms with Crippen LogP contribution in [0.4, 0.5) is 0 Å². The van der Waals surface area contributed by atoms with E-state index in [0.29, 0.717) is 0 Å². The minimum absolute atomic E-state index is 0.157. The highest BCUT2D eigenvalue weighted by Gasteiger charge is 2.39. The van der Waals surface area contributed by atoms with Crippen molar-refractivity contribution in [2.24, 2.45) is 5.92 Å². The average Bonchev–Trinajstić information content (AvgIpc) is 2.17. The number of hydrogen-bond acceptors (Lipinski definition) is 4. The first-order chi connectivity index (χ1) is 4.66. The second-order valence-electron chi connectivity index (χ2n) is 2.60. The molecule has 1 heterocycles. The van der Waals surface area contributed by atoms with Gasteiger partial charge in [0.05, 0.1) is 12.7 Å². The van der Waals surface area contributed by atoms with Crippen LogP contribution in [0.15, 0.2) is 0 Å². The highest BCUT2D eigenvalue weighted by atomic mass is 16.6. The second kappa shape index (κ2) is 2.84. The molecule has 0 aromatic carbocycles. The van der Waals surface area contributed by atoms with Crippen molar-refractivity contribution in [2.45, 2.75) is 25.4 Å². The summed E-state index contributed by atoms with van der Waals surface area (Å²) >= 11 is 0. The lowest BCUT2D eigenvalue weighted by Gasteiger charge is -2.10. The van der Waals surface area contributed by atoms with Crippen LogP contribution in [0, 0.1) is 5.92 Å². The summed E-state index contributed by atoms with van der Waals surface area (Å²) in [5.74, 6) is -0.194. The average molecular weight is 148 g/mol. The van der Waals surface area contributed by atoms with E-state index in [1.54, 1.807) is 6.92 Å². The zero-order chi connectivity index (χ0) is 7.72. The third-order valence-electron chi connectivity index (χ3n) is 1.91. The molecule has 1 aliphatic heterocycles. The molecule has 0 radical (unpaired) electrons. The van der Waals surface area contributed by atoms with E-state index in [4.69, 9.17) is 20.1 Å². The highest BCUT2D eigenvalue weighted by molar-refractivity contribution is 4.82. The van der Waals surface area contributed by atoms with E-state index in [1.807, 2.05) is 0 Å². The lowest BCUT2D eigenvalue weighted by molar-refractivity contribution is -0.132. The lowest BCUT2D eigenvalue weighted by Crippen LogP contribution is -2.25. The highest BCUT2D eigenvalue weighted by Crippen LogP contribution is 2.24. The molecular weight excluding hydrogens is 136 g/mol. The Labute approximate surface area is 59.1 Å². The molecule has 10 heavy (non-hydrogen) atoms. The fraction of sp³-hybridized carbons (Fsp3) is 1.00. The molecule has 0 aromatic heterocycles. The normalized spacial score (nSPS) is 48.0. The first kappa shape index (κ1) is 7.94. The maximum absolute atomic E-state index is 9.08. The van der Waals surface area contributed by atoms with E-state index >= 15 is 0 Å². The van der Waals surface area contributed by atoms with Crippen LogP contribution in [0.3, 0.4) is 0 Å². The zero-order valence-corrected chi connectivity index (χ0v) is 5.77. The van der Waals surface area contributed by atoms with Crippen LogP contribution in [0.2, 0.25) is 0 Å². The Bertz CT molecular complexity index is 116. The summed E-state index contributed by atoms with van der Waals surface area (Å²) in [6.45, 7) is 1.57. The lowest BCUT2D eigenvalue weighted by atomic mass is 10.0. The minimum atomic E-state index is -1.13. The third kappa shape index (κ3) is 1.15. The third-order valence-corrected chi connectivity index (χ3v) is 1.91. The Balaban J connectivity index is 2.53. The number of ether oxygens (including phenoxy) is 1. The van der Waals surface area contributed by atoms with Crippen LogP contribution >= 0.6 is 0 Å². The summed E-state index contributed by atoms with van der Waals surface area (Å²) in [5, 5.41) is 26.6. The minimum Gasteiger partial charge on any atom is -0.394 e. The predicted octanol–water partition coefficient (Wildman–Crippen LogP) is -1.31. The standard InChI is InChI=1S/C6H12O4/c1-3-4(2-7)10-6(9)5(3)8/h3-9H,2H2,1H3/t3-,4-,5?,6?/m1/s1. The SMILES string of the molecule is C[C@H]1C(O)C(O)O[C@@H]1CO. The Morgan fingerprint density at radius 3 is 2.20 bits per heavy atom. The summed E-state index contributed by atoms with van der Waals surface area (Å²) in [7, 11) is 0. The molecule has 1 aliphatic rings. The van der Waals surface area contributed by atoms with Crippen LogP contribution in [-0.2, 0) is 4.74 Å². The zero-order valence-electron chi connectivity index (χ0n) is 5.77. The summed E-state index contributed by atoms with van der Waals surface area (Å²) in [4.78, 5) is 0. The molecule has 3 N–H and O–H groups in total. The van der Waals surface area contributed by atoms with Gasteiger partial charge in [0.2, 0.25) is 0 Å². The maximum Gasteiger partial charge on any atom is 0.181 e. The molecule has 4 atom stereocenters. The van der Waals surface area contributed by atoms with Crippen molar-refractivity contribution in [3.8, 4) is 0 Å². The molecule has 4 nitrogen and oxygen atoms in total. The van der Waals surface area contributed by atoms with E-state index in [1.165, 1.54) is 0 Å². The van der Waals surface area contributed by atoms with Gasteiger partial charge in [0.15, 0.2) is 6.29 Å². The van der Waals surface area contributed by atoms with Gasteiger partial charge < -0.3 is 20.1 Å². The number of aliphatic hydroxyl groups is 3. The van der Waals surface area contributed by atoms with Gasteiger partial charge >= 0.3 is 0 Å². The molecule has 0 aromatic rings. The van der Waals surface area contributed by atoms with Crippen LogP contribution in [0.25, 0.3) is 0 Å². The first-order valence-electron chi connectivity index (χ1n) is 3.29. The summed E-state index contributed by atoms with van der Waals surface area (Å²) in [6, 6.07) is 0. The van der Waals surface area contributed by atoms with Gasteiger partial charge in [-0.2, -0.15) is 0 Å². The predicted molar refractivity (Wildman–Crippen MR) is 33.1 cm³/mol. The Morgan fingerprint density at radius 2 is 2.00 bits per heavy atom. The van der Waals surface area contributed by atoms with Crippen LogP contribution in [0.1, 0.15) is 6.92 Å². The van der Waals surface area contributed by atoms with Crippen molar-refractivity contribution in [1.82, 2.24) is 0 Å². The summed E-state index contributed by atoms with van der Waals surface area (Å²) in [5.41, 5.74) is 0. The summed E-state index contributed by atoms with van der Waals surface area (Å²) < 4.78 is 4.79. The van der Waals surface area contributed by atoms with Crippen LogP contribution in [-0.4, -0.2) is 40.4 Å². The largest absolute Gasteiger partial charge is 0.394 e. The van der Waals surface area contributed by atoms with Crippen molar-refractivity contribution >= 4 is 0 Å². The topological polar surface area (TPSA) is 69.9 Å². The molecular formula is C6H12O4. The van der Waals surface area contributed by atoms with E-state index in [0.717, 1.165) is 0 Å². The van der Waals surface area contributed by atoms with Gasteiger partial charge in [-0.05, 0) is 0 Å². The van der Waals surface area contributed by atoms with Crippen molar-refractivity contribution < 1.29 is 20.1 Å². The van der Waals surface area contributed by atoms with Gasteiger partial charge in [0.1, 0.15) is 6.10 Å². The molecule has 0 spiro atoms. The van der Waals surface area contributed by atoms with Crippen LogP contribution < -0.4 is 0 Å². The Morgan fingerprint density at radius 1 is 1.40 bits per heavy atom. The van der Waals surface area contributed by atoms with Crippen molar-refractivity contribution in [3.63, 3.8) is 0 Å². The van der Waals surface area contributed by atoms with Gasteiger partial charge in [-0.15, -0.1) is 0 Å². The fourth-order valence-corrected chi connectivity index (χ4v) is 1.07. The molecule has 0 bridgehead atoms. The smallest absolute Gasteiger partial charge is 0.181 e. The van der Waals surface area contributed by atoms with E-state index in [-0.39, 0.29) is 12.5 Å². The van der Waals surface area contributed by atoms with E-state index in [9.17, 15) is 0 Å². The van der Waals surface area contributed by atoms with Crippen molar-refractivity contribution in [2.75, 3.05) is 6.61 Å². The molecule has 1 saturated heterocycles. The van der Waals surface area contributed by atoms with Crippen molar-refractivity contribution in [3.05, 3.63) is 0 Å². The number of hydrogen-bond donors (Lipinski definition) is 3. The van der Waals surface area contributed by atoms with Gasteiger partial charge in [-0.3, -0.25) is 0 Å². The molecule has 4 heteroatoms. The fourth-order valence-electron chi connectivity index (χ4n) is 1.07. The second-order valence-corrected chi connectivity index (χ2v) is 2.60. The molecule has 2 unspecified atom stereocenters. The molecule has 1 rings (SSSR count). The van der Waals surface area contributed by atoms with E-state index < -0.39 is 18.5 Å². The molecule has 60 valence electrons. The number of aliphatic hydroxyl groups excluding tert-OH is 3. The van der Waals surface area contributed by atoms with E-state index in [2.05, 4.69) is 0 Å². The Kier molecular flexibility index (Phi) is 2.25. The van der Waals surface area contributed by atoms with Gasteiger partial charge in [0, 0.05) is 5.92 Å². The maximum atomic E-state index is 9.08. The first-order valence-corrected chi connectivity index (χ1v) is 3.29. The van der Waals surface area contributed by atoms with Gasteiger partial charge in [-0.1, -0.05) is 6.92 Å². The van der Waals surface area contributed by atoms with Crippen molar-refractivity contribution in [1.29, 1.82) is 0 Å². The quantitative estimate of drug-likeness (QED) is 0.432. The Hall–Kier alpha value is -0.160. The molecule has 0 amide bonds. The molecule has 1 fully saturated rings. The molecule has 0 saturated carbocycles. The number of rotatable bonds is 1.